The van der Waals surface area contributed by atoms with Crippen LogP contribution in [0, 0.1) is 0 Å². The number of nitrogens with one attached hydrogen (secondary N) is 2. The highest BCUT2D eigenvalue weighted by Gasteiger charge is 2.24. The number of hydrogen-bond donors (Lipinski definition) is 3. The van der Waals surface area contributed by atoms with Gasteiger partial charge in [0.15, 0.2) is 5.82 Å². The molecule has 0 saturated carbocycles. The summed E-state index contributed by atoms with van der Waals surface area (Å²) in [6, 6.07) is 0. The van der Waals surface area contributed by atoms with Crippen LogP contribution in [0.4, 0.5) is 17.3 Å². The third-order valence-corrected chi connectivity index (χ3v) is 2.87. The Labute approximate surface area is 105 Å². The van der Waals surface area contributed by atoms with E-state index in [1.807, 2.05) is 18.9 Å². The molecule has 3 N–H and O–H groups in total. The molecule has 0 unspecified atom stereocenters. The Hall–Kier alpha value is -1.76. The maximum Gasteiger partial charge on any atom is 0.351 e. The first kappa shape index (κ1) is 12.7. The molecule has 7 nitrogen and oxygen atoms in total. The topological polar surface area (TPSA) is 82.4 Å². The highest BCUT2D eigenvalue weighted by molar-refractivity contribution is 5.81. The average molecular weight is 253 g/mol. The van der Waals surface area contributed by atoms with Gasteiger partial charge in [0.25, 0.3) is 0 Å². The van der Waals surface area contributed by atoms with Gasteiger partial charge < -0.3 is 20.6 Å². The van der Waals surface area contributed by atoms with Gasteiger partial charge >= 0.3 is 5.69 Å². The third-order valence-electron chi connectivity index (χ3n) is 2.87. The van der Waals surface area contributed by atoms with Crippen LogP contribution in [-0.4, -0.2) is 41.5 Å². The molecule has 18 heavy (non-hydrogen) atoms. The maximum atomic E-state index is 12.0. The number of rotatable bonds is 5. The van der Waals surface area contributed by atoms with Gasteiger partial charge in [-0.25, -0.2) is 4.79 Å². The van der Waals surface area contributed by atoms with Crippen molar-refractivity contribution in [3.63, 3.8) is 0 Å². The summed E-state index contributed by atoms with van der Waals surface area (Å²) in [7, 11) is 1.94. The molecule has 1 aliphatic heterocycles. The van der Waals surface area contributed by atoms with Crippen molar-refractivity contribution in [2.75, 3.05) is 42.4 Å². The lowest BCUT2D eigenvalue weighted by molar-refractivity contribution is 0.311. The fourth-order valence-electron chi connectivity index (χ4n) is 2.09. The lowest BCUT2D eigenvalue weighted by atomic mass is 10.3. The van der Waals surface area contributed by atoms with Crippen molar-refractivity contribution in [2.45, 2.75) is 19.9 Å². The van der Waals surface area contributed by atoms with Crippen molar-refractivity contribution in [1.82, 2.24) is 9.55 Å². The molecule has 0 bridgehead atoms. The van der Waals surface area contributed by atoms with Crippen LogP contribution < -0.4 is 21.2 Å². The van der Waals surface area contributed by atoms with Gasteiger partial charge in [-0.15, -0.1) is 0 Å². The Morgan fingerprint density at radius 1 is 1.56 bits per heavy atom. The van der Waals surface area contributed by atoms with Crippen molar-refractivity contribution >= 4 is 17.3 Å². The summed E-state index contributed by atoms with van der Waals surface area (Å²) in [6.45, 7) is 3.71. The minimum atomic E-state index is -0.265. The van der Waals surface area contributed by atoms with Crippen LogP contribution in [-0.2, 0) is 6.54 Å². The predicted molar refractivity (Wildman–Crippen MR) is 71.3 cm³/mol. The quantitative estimate of drug-likeness (QED) is 0.678. The zero-order chi connectivity index (χ0) is 13.1. The fourth-order valence-corrected chi connectivity index (χ4v) is 2.09. The van der Waals surface area contributed by atoms with Gasteiger partial charge in [-0.2, -0.15) is 4.98 Å². The van der Waals surface area contributed by atoms with E-state index in [0.29, 0.717) is 25.6 Å². The van der Waals surface area contributed by atoms with Crippen LogP contribution in [0.3, 0.4) is 0 Å². The Balaban J connectivity index is 2.48. The molecule has 0 amide bonds. The van der Waals surface area contributed by atoms with Gasteiger partial charge in [0.1, 0.15) is 11.5 Å². The number of nitrogens with zero attached hydrogens (tertiary/aromatic N) is 3. The third kappa shape index (κ3) is 2.13. The van der Waals surface area contributed by atoms with E-state index >= 15 is 0 Å². The predicted octanol–water partition coefficient (Wildman–Crippen LogP) is -0.123. The van der Waals surface area contributed by atoms with E-state index in [2.05, 4.69) is 15.6 Å². The van der Waals surface area contributed by atoms with Gasteiger partial charge in [-0.05, 0) is 6.42 Å². The Kier molecular flexibility index (Phi) is 3.71. The second kappa shape index (κ2) is 5.26. The number of aromatic nitrogens is 2. The SMILES string of the molecule is CCCn1c2c(c(NCCO)nc1=O)N(C)CN2. The summed E-state index contributed by atoms with van der Waals surface area (Å²) >= 11 is 0. The summed E-state index contributed by atoms with van der Waals surface area (Å²) in [5, 5.41) is 15.0. The fraction of sp³-hybridized carbons (Fsp3) is 0.636. The van der Waals surface area contributed by atoms with E-state index < -0.39 is 0 Å². The van der Waals surface area contributed by atoms with Gasteiger partial charge in [-0.1, -0.05) is 6.92 Å². The van der Waals surface area contributed by atoms with Crippen molar-refractivity contribution in [1.29, 1.82) is 0 Å². The smallest absolute Gasteiger partial charge is 0.351 e. The number of fused-ring (bicyclic) bond motifs is 1. The molecular formula is C11H19N5O2. The molecule has 2 rings (SSSR count). The lowest BCUT2D eigenvalue weighted by Crippen LogP contribution is -2.26. The number of hydrogen-bond acceptors (Lipinski definition) is 6. The van der Waals surface area contributed by atoms with Gasteiger partial charge in [0.2, 0.25) is 0 Å². The van der Waals surface area contributed by atoms with Crippen molar-refractivity contribution in [3.8, 4) is 0 Å². The molecule has 0 saturated heterocycles. The van der Waals surface area contributed by atoms with Crippen LogP contribution >= 0.6 is 0 Å². The molecule has 1 aromatic rings. The molecule has 1 aromatic heterocycles. The minimum absolute atomic E-state index is 0.00560. The Bertz CT molecular complexity index is 485. The summed E-state index contributed by atoms with van der Waals surface area (Å²) in [6.07, 6.45) is 0.878. The summed E-state index contributed by atoms with van der Waals surface area (Å²) in [5.74, 6) is 1.34. The normalized spacial score (nSPS) is 13.4. The molecule has 0 fully saturated rings. The van der Waals surface area contributed by atoms with Crippen LogP contribution in [0.1, 0.15) is 13.3 Å². The molecule has 0 spiro atoms. The molecule has 0 aliphatic carbocycles. The van der Waals surface area contributed by atoms with Gasteiger partial charge in [0.05, 0.1) is 13.3 Å². The van der Waals surface area contributed by atoms with Crippen LogP contribution in [0.2, 0.25) is 0 Å². The summed E-state index contributed by atoms with van der Waals surface area (Å²) in [5.41, 5.74) is 0.621. The standard InChI is InChI=1S/C11H19N5O2/c1-3-5-16-10-8(15(2)7-13-10)9(12-4-6-17)14-11(16)18/h13,17H,3-7H2,1-2H3,(H,12,14,18). The van der Waals surface area contributed by atoms with E-state index in [1.165, 1.54) is 0 Å². The first-order chi connectivity index (χ1) is 8.69. The molecule has 2 heterocycles. The average Bonchev–Trinajstić information content (AvgIpc) is 2.73. The lowest BCUT2D eigenvalue weighted by Gasteiger charge is -2.16. The monoisotopic (exact) mass is 253 g/mol. The number of aliphatic hydroxyl groups excluding tert-OH is 1. The minimum Gasteiger partial charge on any atom is -0.395 e. The van der Waals surface area contributed by atoms with E-state index in [1.54, 1.807) is 4.57 Å². The Morgan fingerprint density at radius 2 is 2.33 bits per heavy atom. The first-order valence-corrected chi connectivity index (χ1v) is 6.13. The molecule has 100 valence electrons. The highest BCUT2D eigenvalue weighted by atomic mass is 16.3. The highest BCUT2D eigenvalue weighted by Crippen LogP contribution is 2.34. The summed E-state index contributed by atoms with van der Waals surface area (Å²) in [4.78, 5) is 18.0. The van der Waals surface area contributed by atoms with Crippen LogP contribution in [0.5, 0.6) is 0 Å². The Morgan fingerprint density at radius 3 is 3.00 bits per heavy atom. The first-order valence-electron chi connectivity index (χ1n) is 6.13. The second-order valence-electron chi connectivity index (χ2n) is 4.28. The van der Waals surface area contributed by atoms with Crippen LogP contribution in [0.15, 0.2) is 4.79 Å². The van der Waals surface area contributed by atoms with E-state index in [9.17, 15) is 4.79 Å². The van der Waals surface area contributed by atoms with E-state index in [4.69, 9.17) is 5.11 Å². The van der Waals surface area contributed by atoms with E-state index in [-0.39, 0.29) is 12.3 Å². The largest absolute Gasteiger partial charge is 0.395 e. The molecule has 0 atom stereocenters. The van der Waals surface area contributed by atoms with Crippen molar-refractivity contribution in [2.24, 2.45) is 0 Å². The number of anilines is 3. The molecular weight excluding hydrogens is 234 g/mol. The molecule has 0 aromatic carbocycles. The van der Waals surface area contributed by atoms with E-state index in [0.717, 1.165) is 17.9 Å². The van der Waals surface area contributed by atoms with Crippen molar-refractivity contribution in [3.05, 3.63) is 10.5 Å². The van der Waals surface area contributed by atoms with Crippen molar-refractivity contribution < 1.29 is 5.11 Å². The second-order valence-corrected chi connectivity index (χ2v) is 4.28. The van der Waals surface area contributed by atoms with Gasteiger partial charge in [-0.3, -0.25) is 4.57 Å². The molecule has 1 aliphatic rings. The molecule has 7 heteroatoms. The maximum absolute atomic E-state index is 12.0. The number of aliphatic hydroxyl groups is 1. The zero-order valence-electron chi connectivity index (χ0n) is 10.7. The summed E-state index contributed by atoms with van der Waals surface area (Å²) < 4.78 is 1.66. The van der Waals surface area contributed by atoms with Gasteiger partial charge in [0, 0.05) is 20.1 Å². The molecule has 0 radical (unpaired) electrons. The zero-order valence-corrected chi connectivity index (χ0v) is 10.7. The van der Waals surface area contributed by atoms with Crippen LogP contribution in [0.25, 0.3) is 0 Å².